The third-order valence-corrected chi connectivity index (χ3v) is 4.18. The highest BCUT2D eigenvalue weighted by atomic mass is 35.5. The van der Waals surface area contributed by atoms with E-state index >= 15 is 0 Å². The lowest BCUT2D eigenvalue weighted by molar-refractivity contribution is 0.415. The second-order valence-corrected chi connectivity index (χ2v) is 5.52. The Morgan fingerprint density at radius 2 is 1.83 bits per heavy atom. The normalized spacial score (nSPS) is 10.8. The molecule has 120 valence electrons. The second kappa shape index (κ2) is 6.34. The van der Waals surface area contributed by atoms with Gasteiger partial charge in [0.1, 0.15) is 5.75 Å². The molecule has 0 unspecified atom stereocenters. The van der Waals surface area contributed by atoms with Crippen molar-refractivity contribution >= 4 is 17.5 Å². The minimum absolute atomic E-state index is 0.473. The van der Waals surface area contributed by atoms with E-state index in [9.17, 15) is 0 Å². The monoisotopic (exact) mass is 331 g/mol. The quantitative estimate of drug-likeness (QED) is 0.780. The van der Waals surface area contributed by atoms with Crippen LogP contribution in [0.5, 0.6) is 5.75 Å². The van der Waals surface area contributed by atoms with Crippen molar-refractivity contribution < 1.29 is 4.74 Å². The molecule has 6 nitrogen and oxygen atoms in total. The van der Waals surface area contributed by atoms with Crippen molar-refractivity contribution in [3.63, 3.8) is 0 Å². The molecule has 0 amide bonds. The van der Waals surface area contributed by atoms with Crippen LogP contribution in [-0.4, -0.2) is 26.2 Å². The molecule has 0 spiro atoms. The first kappa shape index (κ1) is 15.4. The largest absolute Gasteiger partial charge is 0.497 e. The summed E-state index contributed by atoms with van der Waals surface area (Å²) in [5, 5.41) is 3.78. The predicted molar refractivity (Wildman–Crippen MR) is 90.7 cm³/mol. The first-order valence-electron chi connectivity index (χ1n) is 7.16. The van der Waals surface area contributed by atoms with Crippen LogP contribution in [0, 0.1) is 0 Å². The number of nitrogens with zero attached hydrogens (tertiary/aromatic N) is 4. The number of aromatic nitrogens is 4. The van der Waals surface area contributed by atoms with Crippen molar-refractivity contribution in [3.05, 3.63) is 47.6 Å². The summed E-state index contributed by atoms with van der Waals surface area (Å²) in [6, 6.07) is 7.90. The number of methoxy groups -OCH3 is 1. The van der Waals surface area contributed by atoms with E-state index in [0.29, 0.717) is 11.8 Å². The lowest BCUT2D eigenvalue weighted by Crippen LogP contribution is -2.08. The van der Waals surface area contributed by atoms with Crippen molar-refractivity contribution in [2.45, 2.75) is 6.54 Å². The summed E-state index contributed by atoms with van der Waals surface area (Å²) in [5.74, 6) is 1.62. The molecule has 3 rings (SSSR count). The van der Waals surface area contributed by atoms with Gasteiger partial charge >= 0.3 is 0 Å². The van der Waals surface area contributed by atoms with Gasteiger partial charge in [0.15, 0.2) is 0 Å². The summed E-state index contributed by atoms with van der Waals surface area (Å²) in [6.07, 6.45) is 3.60. The highest BCUT2D eigenvalue weighted by molar-refractivity contribution is 6.28. The summed E-state index contributed by atoms with van der Waals surface area (Å²) in [4.78, 5) is 8.51. The number of ether oxygens (including phenoxy) is 1. The van der Waals surface area contributed by atoms with Crippen LogP contribution in [0.4, 0.5) is 5.95 Å². The van der Waals surface area contributed by atoms with Crippen molar-refractivity contribution in [1.29, 1.82) is 0 Å². The number of rotatable bonds is 5. The maximum atomic E-state index is 5.94. The van der Waals surface area contributed by atoms with Crippen molar-refractivity contribution in [3.8, 4) is 17.0 Å². The smallest absolute Gasteiger partial charge is 0.203 e. The average Bonchev–Trinajstić information content (AvgIpc) is 3.09. The first-order chi connectivity index (χ1) is 11.1. The molecule has 3 aromatic rings. The molecule has 0 radical (unpaired) electrons. The van der Waals surface area contributed by atoms with Crippen molar-refractivity contribution in [1.82, 2.24) is 19.1 Å². The van der Waals surface area contributed by atoms with Gasteiger partial charge in [-0.3, -0.25) is 0 Å². The molecule has 1 N–H and O–H groups in total. The van der Waals surface area contributed by atoms with Gasteiger partial charge < -0.3 is 19.2 Å². The number of hydrogen-bond donors (Lipinski definition) is 1. The molecule has 0 saturated heterocycles. The first-order valence-corrected chi connectivity index (χ1v) is 7.54. The van der Waals surface area contributed by atoms with Crippen LogP contribution < -0.4 is 10.1 Å². The van der Waals surface area contributed by atoms with Gasteiger partial charge in [0.2, 0.25) is 11.2 Å². The number of benzene rings is 1. The average molecular weight is 332 g/mol. The zero-order valence-electron chi connectivity index (χ0n) is 13.2. The Morgan fingerprint density at radius 1 is 1.09 bits per heavy atom. The topological polar surface area (TPSA) is 56.9 Å². The number of anilines is 1. The van der Waals surface area contributed by atoms with E-state index < -0.39 is 0 Å². The summed E-state index contributed by atoms with van der Waals surface area (Å²) in [5.41, 5.74) is 3.10. The van der Waals surface area contributed by atoms with E-state index in [-0.39, 0.29) is 0 Å². The molecule has 0 atom stereocenters. The molecule has 2 aromatic heterocycles. The molecule has 2 heterocycles. The molecule has 0 saturated carbocycles. The number of imidazole rings is 2. The van der Waals surface area contributed by atoms with Gasteiger partial charge in [0, 0.05) is 19.7 Å². The highest BCUT2D eigenvalue weighted by Gasteiger charge is 2.10. The van der Waals surface area contributed by atoms with Gasteiger partial charge in [-0.2, -0.15) is 0 Å². The zero-order chi connectivity index (χ0) is 16.4. The summed E-state index contributed by atoms with van der Waals surface area (Å²) in [7, 11) is 5.52. The fourth-order valence-electron chi connectivity index (χ4n) is 2.36. The zero-order valence-corrected chi connectivity index (χ0v) is 14.0. The molecule has 0 fully saturated rings. The minimum Gasteiger partial charge on any atom is -0.497 e. The summed E-state index contributed by atoms with van der Waals surface area (Å²) < 4.78 is 9.04. The molecule has 23 heavy (non-hydrogen) atoms. The molecule has 7 heteroatoms. The third-order valence-electron chi connectivity index (χ3n) is 3.83. The Bertz CT molecular complexity index is 806. The molecule has 0 aliphatic rings. The van der Waals surface area contributed by atoms with Crippen LogP contribution in [-0.2, 0) is 20.6 Å². The Kier molecular flexibility index (Phi) is 4.25. The number of hydrogen-bond acceptors (Lipinski definition) is 4. The van der Waals surface area contributed by atoms with Gasteiger partial charge in [0.05, 0.1) is 37.4 Å². The molecule has 1 aromatic carbocycles. The van der Waals surface area contributed by atoms with Gasteiger partial charge in [-0.25, -0.2) is 9.97 Å². The minimum atomic E-state index is 0.473. The van der Waals surface area contributed by atoms with E-state index in [4.69, 9.17) is 16.3 Å². The van der Waals surface area contributed by atoms with E-state index in [1.807, 2.05) is 53.7 Å². The summed E-state index contributed by atoms with van der Waals surface area (Å²) >= 11 is 5.94. The molecule has 0 aliphatic carbocycles. The number of nitrogens with one attached hydrogen (secondary N) is 1. The van der Waals surface area contributed by atoms with Gasteiger partial charge in [-0.15, -0.1) is 0 Å². The van der Waals surface area contributed by atoms with Crippen LogP contribution in [0.2, 0.25) is 5.28 Å². The van der Waals surface area contributed by atoms with Crippen LogP contribution in [0.15, 0.2) is 36.7 Å². The van der Waals surface area contributed by atoms with Crippen LogP contribution in [0.3, 0.4) is 0 Å². The lowest BCUT2D eigenvalue weighted by atomic mass is 10.1. The Morgan fingerprint density at radius 3 is 2.43 bits per heavy atom. The maximum Gasteiger partial charge on any atom is 0.203 e. The van der Waals surface area contributed by atoms with Gasteiger partial charge in [-0.1, -0.05) is 0 Å². The molecular weight excluding hydrogens is 314 g/mol. The summed E-state index contributed by atoms with van der Waals surface area (Å²) in [6.45, 7) is 0.600. The number of halogens is 1. The van der Waals surface area contributed by atoms with Crippen LogP contribution >= 0.6 is 11.6 Å². The predicted octanol–water partition coefficient (Wildman–Crippen LogP) is 3.09. The maximum absolute atomic E-state index is 5.94. The second-order valence-electron chi connectivity index (χ2n) is 5.19. The fourth-order valence-corrected chi connectivity index (χ4v) is 2.51. The van der Waals surface area contributed by atoms with Crippen LogP contribution in [0.1, 0.15) is 5.69 Å². The lowest BCUT2D eigenvalue weighted by Gasteiger charge is -2.09. The van der Waals surface area contributed by atoms with Gasteiger partial charge in [-0.05, 0) is 35.9 Å². The standard InChI is InChI=1S/C16H18ClN5O/c1-21-12(8-18-15(21)17)9-19-16-20-10-14(22(16)2)11-4-6-13(23-3)7-5-11/h4-8,10H,9H2,1-3H3,(H,19,20). The fraction of sp³-hybridized carbons (Fsp3) is 0.250. The molecule has 0 bridgehead atoms. The SMILES string of the molecule is COc1ccc(-c2cnc(NCc3cnc(Cl)n3C)n2C)cc1. The van der Waals surface area contributed by atoms with E-state index in [0.717, 1.165) is 28.6 Å². The van der Waals surface area contributed by atoms with Crippen LogP contribution in [0.25, 0.3) is 11.3 Å². The molecular formula is C16H18ClN5O. The third kappa shape index (κ3) is 3.03. The van der Waals surface area contributed by atoms with E-state index in [1.54, 1.807) is 13.3 Å². The Balaban J connectivity index is 1.77. The van der Waals surface area contributed by atoms with Crippen molar-refractivity contribution in [2.75, 3.05) is 12.4 Å². The van der Waals surface area contributed by atoms with E-state index in [1.165, 1.54) is 0 Å². The van der Waals surface area contributed by atoms with Crippen molar-refractivity contribution in [2.24, 2.45) is 14.1 Å². The molecule has 0 aliphatic heterocycles. The Hall–Kier alpha value is -2.47. The van der Waals surface area contributed by atoms with Gasteiger partial charge in [0.25, 0.3) is 0 Å². The van der Waals surface area contributed by atoms with E-state index in [2.05, 4.69) is 15.3 Å². The Labute approximate surface area is 139 Å². The highest BCUT2D eigenvalue weighted by Crippen LogP contribution is 2.24.